The predicted octanol–water partition coefficient (Wildman–Crippen LogP) is 5.39. The molecule has 0 bridgehead atoms. The molecule has 6 atom stereocenters. The Balaban J connectivity index is 1.50. The summed E-state index contributed by atoms with van der Waals surface area (Å²) >= 11 is 0. The number of rotatable bonds is 3. The predicted molar refractivity (Wildman–Crippen MR) is 128 cm³/mol. The Morgan fingerprint density at radius 1 is 0.848 bits per heavy atom. The highest BCUT2D eigenvalue weighted by Gasteiger charge is 2.44. The summed E-state index contributed by atoms with van der Waals surface area (Å²) < 4.78 is 5.45. The minimum atomic E-state index is 0.139. The van der Waals surface area contributed by atoms with Crippen molar-refractivity contribution in [1.29, 1.82) is 0 Å². The number of para-hydroxylation sites is 1. The summed E-state index contributed by atoms with van der Waals surface area (Å²) in [6, 6.07) is 7.37. The maximum atomic E-state index is 10.4. The normalized spacial score (nSPS) is 31.4. The quantitative estimate of drug-likeness (QED) is 0.652. The minimum Gasteiger partial charge on any atom is -0.507 e. The van der Waals surface area contributed by atoms with E-state index in [1.807, 2.05) is 12.1 Å². The number of nitrogens with zero attached hydrogens (tertiary/aromatic N) is 3. The smallest absolute Gasteiger partial charge is 0.320 e. The molecule has 0 aliphatic heterocycles. The molecule has 0 radical (unpaired) electrons. The molecule has 0 saturated carbocycles. The molecule has 166 valence electrons. The SMILES string of the molecule is COc1nc(C2=CC3C4C=CCCC4C=CC3C3C=CC=CC23)nc(-c2ccccc2O)n1. The number of ether oxygens (including phenoxy) is 1. The highest BCUT2D eigenvalue weighted by atomic mass is 16.5. The largest absolute Gasteiger partial charge is 0.507 e. The monoisotopic (exact) mass is 437 g/mol. The van der Waals surface area contributed by atoms with Gasteiger partial charge in [0.05, 0.1) is 12.7 Å². The zero-order chi connectivity index (χ0) is 22.4. The highest BCUT2D eigenvalue weighted by Crippen LogP contribution is 2.52. The van der Waals surface area contributed by atoms with Crippen LogP contribution in [-0.4, -0.2) is 27.2 Å². The molecular formula is C28H27N3O2. The van der Waals surface area contributed by atoms with Gasteiger partial charge in [0.2, 0.25) is 0 Å². The number of phenols is 1. The van der Waals surface area contributed by atoms with Crippen LogP contribution in [0.25, 0.3) is 17.0 Å². The van der Waals surface area contributed by atoms with Crippen LogP contribution < -0.4 is 4.74 Å². The Bertz CT molecular complexity index is 1230. The molecule has 1 aromatic heterocycles. The summed E-state index contributed by atoms with van der Waals surface area (Å²) in [4.78, 5) is 14.0. The molecule has 0 spiro atoms. The Kier molecular flexibility index (Phi) is 4.97. The van der Waals surface area contributed by atoms with Gasteiger partial charge in [-0.1, -0.05) is 66.8 Å². The van der Waals surface area contributed by atoms with Gasteiger partial charge in [-0.3, -0.25) is 0 Å². The standard InChI is InChI=1S/C28H27N3O2/c1-33-28-30-26(22-12-6-7-13-25(22)32)29-27(31-28)24-16-23-18-9-3-2-8-17(18)14-15-21(23)19-10-4-5-11-20(19)24/h3-7,9-21,23,32H,2,8H2,1H3. The van der Waals surface area contributed by atoms with E-state index in [0.29, 0.717) is 46.8 Å². The number of methoxy groups -OCH3 is 1. The number of benzene rings is 1. The van der Waals surface area contributed by atoms with Crippen LogP contribution in [0.3, 0.4) is 0 Å². The van der Waals surface area contributed by atoms with Gasteiger partial charge in [-0.25, -0.2) is 4.98 Å². The lowest BCUT2D eigenvalue weighted by Gasteiger charge is -2.47. The van der Waals surface area contributed by atoms with Crippen molar-refractivity contribution >= 4 is 5.57 Å². The van der Waals surface area contributed by atoms with Crippen molar-refractivity contribution < 1.29 is 9.84 Å². The second-order valence-corrected chi connectivity index (χ2v) is 9.27. The number of allylic oxidation sites excluding steroid dienone is 10. The molecule has 5 heteroatoms. The molecule has 0 saturated heterocycles. The molecule has 1 aromatic carbocycles. The average molecular weight is 438 g/mol. The molecule has 1 heterocycles. The van der Waals surface area contributed by atoms with Gasteiger partial charge < -0.3 is 9.84 Å². The van der Waals surface area contributed by atoms with E-state index in [-0.39, 0.29) is 17.7 Å². The van der Waals surface area contributed by atoms with Gasteiger partial charge in [0, 0.05) is 11.5 Å². The topological polar surface area (TPSA) is 68.1 Å². The summed E-state index contributed by atoms with van der Waals surface area (Å²) in [7, 11) is 1.56. The van der Waals surface area contributed by atoms with Crippen LogP contribution in [0, 0.1) is 35.5 Å². The number of phenolic OH excluding ortho intramolecular Hbond substituents is 1. The third-order valence-corrected chi connectivity index (χ3v) is 7.54. The first-order valence-electron chi connectivity index (χ1n) is 11.7. The summed E-state index contributed by atoms with van der Waals surface area (Å²) in [5.74, 6) is 3.70. The van der Waals surface area contributed by atoms with Crippen LogP contribution in [0.1, 0.15) is 18.7 Å². The fourth-order valence-corrected chi connectivity index (χ4v) is 5.98. The maximum Gasteiger partial charge on any atom is 0.320 e. The van der Waals surface area contributed by atoms with Gasteiger partial charge in [0.25, 0.3) is 0 Å². The lowest BCUT2D eigenvalue weighted by Crippen LogP contribution is -2.39. The lowest BCUT2D eigenvalue weighted by molar-refractivity contribution is 0.209. The zero-order valence-electron chi connectivity index (χ0n) is 18.6. The van der Waals surface area contributed by atoms with Gasteiger partial charge >= 0.3 is 6.01 Å². The van der Waals surface area contributed by atoms with Crippen molar-refractivity contribution in [2.75, 3.05) is 7.11 Å². The minimum absolute atomic E-state index is 0.139. The fraction of sp³-hybridized carbons (Fsp3) is 0.321. The van der Waals surface area contributed by atoms with E-state index in [1.165, 1.54) is 6.42 Å². The van der Waals surface area contributed by atoms with Crippen LogP contribution in [-0.2, 0) is 0 Å². The number of fused-ring (bicyclic) bond motifs is 5. The summed E-state index contributed by atoms with van der Waals surface area (Å²) in [5.41, 5.74) is 1.69. The highest BCUT2D eigenvalue weighted by molar-refractivity contribution is 5.70. The Hall–Kier alpha value is -3.47. The van der Waals surface area contributed by atoms with E-state index < -0.39 is 0 Å². The number of hydrogen-bond acceptors (Lipinski definition) is 5. The molecule has 33 heavy (non-hydrogen) atoms. The molecule has 0 fully saturated rings. The van der Waals surface area contributed by atoms with Gasteiger partial charge in [-0.2, -0.15) is 9.97 Å². The van der Waals surface area contributed by atoms with Gasteiger partial charge in [0.1, 0.15) is 5.75 Å². The third kappa shape index (κ3) is 3.43. The van der Waals surface area contributed by atoms with E-state index in [9.17, 15) is 5.11 Å². The molecule has 2 aromatic rings. The number of aromatic nitrogens is 3. The molecule has 5 nitrogen and oxygen atoms in total. The van der Waals surface area contributed by atoms with E-state index in [2.05, 4.69) is 64.7 Å². The van der Waals surface area contributed by atoms with Crippen molar-refractivity contribution in [2.24, 2.45) is 35.5 Å². The Morgan fingerprint density at radius 3 is 2.58 bits per heavy atom. The first kappa shape index (κ1) is 20.2. The van der Waals surface area contributed by atoms with Gasteiger partial charge in [0.15, 0.2) is 11.6 Å². The molecule has 1 N–H and O–H groups in total. The van der Waals surface area contributed by atoms with Crippen LogP contribution >= 0.6 is 0 Å². The lowest BCUT2D eigenvalue weighted by atomic mass is 9.57. The summed E-state index contributed by atoms with van der Waals surface area (Å²) in [6.07, 6.45) is 23.4. The summed E-state index contributed by atoms with van der Waals surface area (Å²) in [6.45, 7) is 0. The molecule has 6 unspecified atom stereocenters. The van der Waals surface area contributed by atoms with Gasteiger partial charge in [-0.15, -0.1) is 0 Å². The van der Waals surface area contributed by atoms with Crippen LogP contribution in [0.2, 0.25) is 0 Å². The van der Waals surface area contributed by atoms with E-state index in [4.69, 9.17) is 9.72 Å². The van der Waals surface area contributed by atoms with E-state index in [0.717, 1.165) is 12.0 Å². The second-order valence-electron chi connectivity index (χ2n) is 9.27. The first-order chi connectivity index (χ1) is 16.2. The first-order valence-corrected chi connectivity index (χ1v) is 11.7. The molecule has 4 aliphatic carbocycles. The average Bonchev–Trinajstić information content (AvgIpc) is 2.88. The van der Waals surface area contributed by atoms with Crippen LogP contribution in [0.5, 0.6) is 11.8 Å². The molecule has 4 aliphatic rings. The van der Waals surface area contributed by atoms with Crippen molar-refractivity contribution in [2.45, 2.75) is 12.8 Å². The van der Waals surface area contributed by atoms with Crippen LogP contribution in [0.15, 0.2) is 78.9 Å². The number of aromatic hydroxyl groups is 1. The van der Waals surface area contributed by atoms with Gasteiger partial charge in [-0.05, 0) is 54.6 Å². The molecular weight excluding hydrogens is 410 g/mol. The maximum absolute atomic E-state index is 10.4. The molecule has 6 rings (SSSR count). The van der Waals surface area contributed by atoms with Crippen molar-refractivity contribution in [3.05, 3.63) is 84.8 Å². The van der Waals surface area contributed by atoms with Crippen molar-refractivity contribution in [3.8, 4) is 23.1 Å². The van der Waals surface area contributed by atoms with Crippen molar-refractivity contribution in [1.82, 2.24) is 15.0 Å². The molecule has 0 amide bonds. The zero-order valence-corrected chi connectivity index (χ0v) is 18.6. The van der Waals surface area contributed by atoms with E-state index in [1.54, 1.807) is 19.2 Å². The fourth-order valence-electron chi connectivity index (χ4n) is 5.98. The second kappa shape index (κ2) is 8.14. The van der Waals surface area contributed by atoms with Crippen LogP contribution in [0.4, 0.5) is 0 Å². The third-order valence-electron chi connectivity index (χ3n) is 7.54. The van der Waals surface area contributed by atoms with E-state index >= 15 is 0 Å². The number of hydrogen-bond donors (Lipinski definition) is 1. The Morgan fingerprint density at radius 2 is 1.70 bits per heavy atom. The summed E-state index contributed by atoms with van der Waals surface area (Å²) in [5, 5.41) is 10.4. The Labute approximate surface area is 194 Å². The van der Waals surface area contributed by atoms with Crippen molar-refractivity contribution in [3.63, 3.8) is 0 Å².